The second-order valence-electron chi connectivity index (χ2n) is 9.11. The summed E-state index contributed by atoms with van der Waals surface area (Å²) in [5, 5.41) is 15.8. The van der Waals surface area contributed by atoms with E-state index < -0.39 is 6.09 Å². The topological polar surface area (TPSA) is 123 Å². The third-order valence-electron chi connectivity index (χ3n) is 5.25. The lowest BCUT2D eigenvalue weighted by Gasteiger charge is -2.20. The fraction of sp³-hybridized carbons (Fsp3) is 0.185. The first-order valence-electron chi connectivity index (χ1n) is 11.1. The van der Waals surface area contributed by atoms with Gasteiger partial charge in [-0.05, 0) is 44.0 Å². The maximum atomic E-state index is 12.0. The number of amidine groups is 1. The van der Waals surface area contributed by atoms with Gasteiger partial charge in [0.2, 0.25) is 0 Å². The minimum absolute atomic E-state index is 0.0796. The number of nitrogens with one attached hydrogen (secondary N) is 1. The van der Waals surface area contributed by atoms with Gasteiger partial charge in [-0.15, -0.1) is 0 Å². The first-order valence-corrected chi connectivity index (χ1v) is 11.1. The van der Waals surface area contributed by atoms with Crippen LogP contribution < -0.4 is 11.1 Å². The normalized spacial score (nSPS) is 11.9. The maximum Gasteiger partial charge on any atom is 0.407 e. The summed E-state index contributed by atoms with van der Waals surface area (Å²) in [7, 11) is 0. The highest BCUT2D eigenvalue weighted by molar-refractivity contribution is 6.07. The molecule has 0 unspecified atom stereocenters. The molecule has 0 fully saturated rings. The van der Waals surface area contributed by atoms with Crippen molar-refractivity contribution in [1.82, 2.24) is 15.3 Å². The summed E-state index contributed by atoms with van der Waals surface area (Å²) in [6.45, 7) is 5.85. The van der Waals surface area contributed by atoms with Crippen molar-refractivity contribution in [1.29, 1.82) is 0 Å². The molecule has 178 valence electrons. The summed E-state index contributed by atoms with van der Waals surface area (Å²) in [5.74, 6) is -0.0796. The molecule has 4 rings (SSSR count). The average Bonchev–Trinajstić information content (AvgIpc) is 2.85. The third-order valence-corrected chi connectivity index (χ3v) is 5.25. The number of alkyl carbamates (subject to hydrolysis) is 1. The lowest BCUT2D eigenvalue weighted by molar-refractivity contribution is 0.131. The number of aromatic nitrogens is 2. The fourth-order valence-electron chi connectivity index (χ4n) is 3.66. The minimum Gasteiger partial charge on any atom is -0.445 e. The average molecular weight is 470 g/mol. The number of nitrogens with zero attached hydrogens (tertiary/aromatic N) is 3. The van der Waals surface area contributed by atoms with E-state index >= 15 is 0 Å². The van der Waals surface area contributed by atoms with Crippen LogP contribution >= 0.6 is 0 Å². The molecule has 1 amide bonds. The smallest absolute Gasteiger partial charge is 0.407 e. The summed E-state index contributed by atoms with van der Waals surface area (Å²) in [6, 6.07) is 21.3. The number of hydrogen-bond acceptors (Lipinski definition) is 6. The van der Waals surface area contributed by atoms with Crippen molar-refractivity contribution in [3.63, 3.8) is 0 Å². The molecule has 0 spiro atoms. The molecule has 35 heavy (non-hydrogen) atoms. The molecule has 0 bridgehead atoms. The van der Waals surface area contributed by atoms with Crippen LogP contribution in [0.15, 0.2) is 78.1 Å². The van der Waals surface area contributed by atoms with Gasteiger partial charge in [0.25, 0.3) is 0 Å². The van der Waals surface area contributed by atoms with Crippen molar-refractivity contribution in [3.8, 4) is 22.4 Å². The van der Waals surface area contributed by atoms with Gasteiger partial charge >= 0.3 is 6.09 Å². The zero-order valence-electron chi connectivity index (χ0n) is 19.8. The van der Waals surface area contributed by atoms with Crippen LogP contribution in [0.5, 0.6) is 0 Å². The highest BCUT2D eigenvalue weighted by Crippen LogP contribution is 2.34. The van der Waals surface area contributed by atoms with Crippen molar-refractivity contribution < 1.29 is 14.7 Å². The molecular weight excluding hydrogens is 442 g/mol. The molecule has 4 aromatic rings. The number of benzene rings is 2. The SMILES string of the molecule is CC(C)(C)NC(=O)OCc1ccc(-c2nc3ccnc(C(N)=NO)c3cc2-c2ccccc2)cc1. The summed E-state index contributed by atoms with van der Waals surface area (Å²) < 4.78 is 5.33. The molecule has 0 atom stereocenters. The standard InChI is InChI=1S/C27H27N5O3/c1-27(2,3)31-26(33)35-16-17-9-11-19(12-10-17)23-20(18-7-5-4-6-8-18)15-21-22(30-23)13-14-29-24(21)25(28)32-34/h4-15,34H,16H2,1-3H3,(H2,28,32)(H,31,33). The summed E-state index contributed by atoms with van der Waals surface area (Å²) in [5.41, 5.74) is 10.9. The van der Waals surface area contributed by atoms with Gasteiger partial charge in [0, 0.05) is 28.2 Å². The second-order valence-corrected chi connectivity index (χ2v) is 9.11. The Labute approximate surface area is 203 Å². The van der Waals surface area contributed by atoms with Crippen LogP contribution in [0.1, 0.15) is 32.0 Å². The van der Waals surface area contributed by atoms with Gasteiger partial charge in [-0.25, -0.2) is 9.78 Å². The molecule has 0 saturated carbocycles. The predicted octanol–water partition coefficient (Wildman–Crippen LogP) is 5.08. The lowest BCUT2D eigenvalue weighted by atomic mass is 9.96. The predicted molar refractivity (Wildman–Crippen MR) is 136 cm³/mol. The van der Waals surface area contributed by atoms with Gasteiger partial charge in [0.15, 0.2) is 5.84 Å². The Morgan fingerprint density at radius 1 is 1.06 bits per heavy atom. The van der Waals surface area contributed by atoms with Gasteiger partial charge in [0.05, 0.1) is 11.2 Å². The Morgan fingerprint density at radius 3 is 2.43 bits per heavy atom. The van der Waals surface area contributed by atoms with Crippen LogP contribution in [0.2, 0.25) is 0 Å². The summed E-state index contributed by atoms with van der Waals surface area (Å²) >= 11 is 0. The van der Waals surface area contributed by atoms with E-state index in [1.54, 1.807) is 12.3 Å². The number of rotatable bonds is 5. The number of ether oxygens (including phenoxy) is 1. The minimum atomic E-state index is -0.459. The van der Waals surface area contributed by atoms with Crippen LogP contribution in [-0.4, -0.2) is 32.6 Å². The molecular formula is C27H27N5O3. The van der Waals surface area contributed by atoms with Crippen molar-refractivity contribution in [2.45, 2.75) is 32.9 Å². The number of pyridine rings is 2. The van der Waals surface area contributed by atoms with Crippen LogP contribution in [-0.2, 0) is 11.3 Å². The van der Waals surface area contributed by atoms with Crippen molar-refractivity contribution >= 4 is 22.8 Å². The third kappa shape index (κ3) is 5.55. The molecule has 0 aliphatic rings. The Hall–Kier alpha value is -4.46. The molecule has 8 nitrogen and oxygen atoms in total. The van der Waals surface area contributed by atoms with Crippen molar-refractivity contribution in [2.24, 2.45) is 10.9 Å². The van der Waals surface area contributed by atoms with Gasteiger partial charge in [-0.3, -0.25) is 4.98 Å². The molecule has 2 heterocycles. The van der Waals surface area contributed by atoms with Gasteiger partial charge < -0.3 is 21.0 Å². The zero-order chi connectivity index (χ0) is 25.0. The largest absolute Gasteiger partial charge is 0.445 e. The molecule has 0 radical (unpaired) electrons. The Balaban J connectivity index is 1.72. The van der Waals surface area contributed by atoms with Gasteiger partial charge in [-0.2, -0.15) is 0 Å². The van der Waals surface area contributed by atoms with E-state index in [1.807, 2.05) is 81.4 Å². The van der Waals surface area contributed by atoms with Crippen LogP contribution in [0, 0.1) is 0 Å². The Bertz CT molecular complexity index is 1380. The van der Waals surface area contributed by atoms with Crippen LogP contribution in [0.4, 0.5) is 4.79 Å². The van der Waals surface area contributed by atoms with Gasteiger partial charge in [-0.1, -0.05) is 59.8 Å². The van der Waals surface area contributed by atoms with E-state index in [0.29, 0.717) is 16.6 Å². The van der Waals surface area contributed by atoms with E-state index in [-0.39, 0.29) is 18.0 Å². The van der Waals surface area contributed by atoms with Crippen molar-refractivity contribution in [3.05, 3.63) is 84.2 Å². The molecule has 0 aliphatic heterocycles. The number of amides is 1. The van der Waals surface area contributed by atoms with E-state index in [4.69, 9.17) is 15.5 Å². The Kier molecular flexibility index (Phi) is 6.64. The first-order chi connectivity index (χ1) is 16.7. The molecule has 2 aromatic carbocycles. The maximum absolute atomic E-state index is 12.0. The summed E-state index contributed by atoms with van der Waals surface area (Å²) in [6.07, 6.45) is 1.12. The zero-order valence-corrected chi connectivity index (χ0v) is 19.8. The highest BCUT2D eigenvalue weighted by atomic mass is 16.5. The fourth-order valence-corrected chi connectivity index (χ4v) is 3.66. The van der Waals surface area contributed by atoms with Crippen LogP contribution in [0.3, 0.4) is 0 Å². The number of carbonyl (C=O) groups is 1. The Morgan fingerprint density at radius 2 is 1.77 bits per heavy atom. The second kappa shape index (κ2) is 9.80. The van der Waals surface area contributed by atoms with Gasteiger partial charge in [0.1, 0.15) is 12.3 Å². The quantitative estimate of drug-likeness (QED) is 0.162. The number of oxime groups is 1. The lowest BCUT2D eigenvalue weighted by Crippen LogP contribution is -2.40. The number of fused-ring (bicyclic) bond motifs is 1. The number of hydrogen-bond donors (Lipinski definition) is 3. The van der Waals surface area contributed by atoms with E-state index in [2.05, 4.69) is 15.5 Å². The van der Waals surface area contributed by atoms with Crippen LogP contribution in [0.25, 0.3) is 33.3 Å². The molecule has 0 aliphatic carbocycles. The summed E-state index contributed by atoms with van der Waals surface area (Å²) in [4.78, 5) is 21.2. The first kappa shape index (κ1) is 23.7. The molecule has 8 heteroatoms. The molecule has 0 saturated heterocycles. The monoisotopic (exact) mass is 469 g/mol. The number of nitrogens with two attached hydrogens (primary N) is 1. The van der Waals surface area contributed by atoms with E-state index in [0.717, 1.165) is 27.9 Å². The number of carbonyl (C=O) groups excluding carboxylic acids is 1. The van der Waals surface area contributed by atoms with Crippen molar-refractivity contribution in [2.75, 3.05) is 0 Å². The van der Waals surface area contributed by atoms with E-state index in [9.17, 15) is 10.0 Å². The molecule has 2 aromatic heterocycles. The molecule has 4 N–H and O–H groups in total. The highest BCUT2D eigenvalue weighted by Gasteiger charge is 2.17. The van der Waals surface area contributed by atoms with E-state index in [1.165, 1.54) is 0 Å².